The van der Waals surface area contributed by atoms with Gasteiger partial charge in [0.2, 0.25) is 0 Å². The monoisotopic (exact) mass is 263 g/mol. The summed E-state index contributed by atoms with van der Waals surface area (Å²) in [6.45, 7) is 10.1. The van der Waals surface area contributed by atoms with Gasteiger partial charge >= 0.3 is 0 Å². The third-order valence-electron chi connectivity index (χ3n) is 4.68. The first kappa shape index (κ1) is 14.6. The molecule has 1 heterocycles. The highest BCUT2D eigenvalue weighted by atomic mass is 15.3. The maximum Gasteiger partial charge on any atom is 0.0762 e. The summed E-state index contributed by atoms with van der Waals surface area (Å²) in [5.74, 6) is 1.69. The summed E-state index contributed by atoms with van der Waals surface area (Å²) >= 11 is 0. The molecule has 0 radical (unpaired) electrons. The van der Waals surface area contributed by atoms with Crippen molar-refractivity contribution < 1.29 is 0 Å². The summed E-state index contributed by atoms with van der Waals surface area (Å²) in [6.07, 6.45) is 7.28. The second-order valence-corrected chi connectivity index (χ2v) is 6.43. The number of rotatable bonds is 5. The van der Waals surface area contributed by atoms with Crippen molar-refractivity contribution in [3.8, 4) is 0 Å². The molecule has 0 spiro atoms. The fourth-order valence-corrected chi connectivity index (χ4v) is 3.11. The largest absolute Gasteiger partial charge is 0.308 e. The molecule has 1 aromatic heterocycles. The van der Waals surface area contributed by atoms with Crippen LogP contribution in [0.15, 0.2) is 12.3 Å². The molecule has 1 N–H and O–H groups in total. The quantitative estimate of drug-likeness (QED) is 0.876. The first-order valence-electron chi connectivity index (χ1n) is 7.87. The smallest absolute Gasteiger partial charge is 0.0762 e. The van der Waals surface area contributed by atoms with Crippen LogP contribution in [0.3, 0.4) is 0 Å². The van der Waals surface area contributed by atoms with Gasteiger partial charge < -0.3 is 5.32 Å². The van der Waals surface area contributed by atoms with Crippen LogP contribution in [-0.2, 0) is 6.54 Å². The summed E-state index contributed by atoms with van der Waals surface area (Å²) in [5, 5.41) is 8.36. The summed E-state index contributed by atoms with van der Waals surface area (Å²) in [7, 11) is 0. The Morgan fingerprint density at radius 1 is 1.42 bits per heavy atom. The van der Waals surface area contributed by atoms with E-state index in [9.17, 15) is 0 Å². The fraction of sp³-hybridized carbons (Fsp3) is 0.812. The van der Waals surface area contributed by atoms with Crippen LogP contribution in [-0.4, -0.2) is 15.8 Å². The number of hydrogen-bond donors (Lipinski definition) is 1. The zero-order chi connectivity index (χ0) is 13.8. The van der Waals surface area contributed by atoms with Gasteiger partial charge in [0, 0.05) is 24.8 Å². The minimum atomic E-state index is 0.503. The van der Waals surface area contributed by atoms with Crippen LogP contribution >= 0.6 is 0 Å². The van der Waals surface area contributed by atoms with E-state index in [1.807, 2.05) is 0 Å². The summed E-state index contributed by atoms with van der Waals surface area (Å²) in [4.78, 5) is 0. The summed E-state index contributed by atoms with van der Waals surface area (Å²) in [5.41, 5.74) is 1.17. The topological polar surface area (TPSA) is 29.9 Å². The van der Waals surface area contributed by atoms with Crippen LogP contribution < -0.4 is 5.32 Å². The van der Waals surface area contributed by atoms with Crippen molar-refractivity contribution in [2.45, 2.75) is 72.0 Å². The molecule has 3 nitrogen and oxygen atoms in total. The zero-order valence-electron chi connectivity index (χ0n) is 12.9. The number of nitrogens with zero attached hydrogens (tertiary/aromatic N) is 2. The fourth-order valence-electron chi connectivity index (χ4n) is 3.11. The van der Waals surface area contributed by atoms with E-state index in [0.717, 1.165) is 24.8 Å². The predicted molar refractivity (Wildman–Crippen MR) is 80.0 cm³/mol. The molecule has 4 atom stereocenters. The Balaban J connectivity index is 1.83. The molecule has 2 rings (SSSR count). The van der Waals surface area contributed by atoms with E-state index < -0.39 is 0 Å². The molecule has 108 valence electrons. The van der Waals surface area contributed by atoms with Gasteiger partial charge in [-0.2, -0.15) is 5.10 Å². The van der Waals surface area contributed by atoms with Crippen molar-refractivity contribution in [3.63, 3.8) is 0 Å². The lowest BCUT2D eigenvalue weighted by atomic mass is 9.80. The van der Waals surface area contributed by atoms with Crippen LogP contribution in [0.1, 0.15) is 65.1 Å². The lowest BCUT2D eigenvalue weighted by Gasteiger charge is -2.33. The summed E-state index contributed by atoms with van der Waals surface area (Å²) in [6, 6.07) is 3.32. The van der Waals surface area contributed by atoms with Crippen molar-refractivity contribution in [1.82, 2.24) is 15.1 Å². The van der Waals surface area contributed by atoms with Gasteiger partial charge in [-0.05, 0) is 50.5 Å². The SMILES string of the molecule is CCC(C)n1ccc(CNC2CCC(C)CC2C)n1. The Hall–Kier alpha value is -0.830. The minimum Gasteiger partial charge on any atom is -0.308 e. The van der Waals surface area contributed by atoms with Crippen LogP contribution in [0.25, 0.3) is 0 Å². The molecule has 0 aliphatic heterocycles. The Labute approximate surface area is 117 Å². The van der Waals surface area contributed by atoms with Crippen molar-refractivity contribution >= 4 is 0 Å². The zero-order valence-corrected chi connectivity index (χ0v) is 12.9. The lowest BCUT2D eigenvalue weighted by molar-refractivity contribution is 0.226. The van der Waals surface area contributed by atoms with E-state index in [4.69, 9.17) is 0 Å². The van der Waals surface area contributed by atoms with Crippen LogP contribution in [0.5, 0.6) is 0 Å². The van der Waals surface area contributed by atoms with E-state index in [-0.39, 0.29) is 0 Å². The average molecular weight is 263 g/mol. The van der Waals surface area contributed by atoms with Gasteiger partial charge in [-0.25, -0.2) is 0 Å². The summed E-state index contributed by atoms with van der Waals surface area (Å²) < 4.78 is 2.09. The molecule has 1 aromatic rings. The van der Waals surface area contributed by atoms with E-state index in [1.54, 1.807) is 0 Å². The second-order valence-electron chi connectivity index (χ2n) is 6.43. The molecule has 0 amide bonds. The molecule has 19 heavy (non-hydrogen) atoms. The van der Waals surface area contributed by atoms with Crippen LogP contribution in [0, 0.1) is 11.8 Å². The van der Waals surface area contributed by atoms with Gasteiger partial charge in [0.1, 0.15) is 0 Å². The second kappa shape index (κ2) is 6.56. The molecule has 1 aliphatic rings. The molecule has 4 unspecified atom stereocenters. The molecule has 0 aromatic carbocycles. The molecule has 0 bridgehead atoms. The van der Waals surface area contributed by atoms with Gasteiger partial charge in [-0.1, -0.05) is 20.8 Å². The van der Waals surface area contributed by atoms with Crippen molar-refractivity contribution in [1.29, 1.82) is 0 Å². The minimum absolute atomic E-state index is 0.503. The first-order chi connectivity index (χ1) is 9.10. The molecule has 1 saturated carbocycles. The molecule has 1 aliphatic carbocycles. The highest BCUT2D eigenvalue weighted by Crippen LogP contribution is 2.28. The molecular weight excluding hydrogens is 234 g/mol. The third kappa shape index (κ3) is 3.82. The van der Waals surface area contributed by atoms with E-state index in [1.165, 1.54) is 25.0 Å². The van der Waals surface area contributed by atoms with E-state index >= 15 is 0 Å². The van der Waals surface area contributed by atoms with Crippen molar-refractivity contribution in [3.05, 3.63) is 18.0 Å². The Bertz CT molecular complexity index is 385. The van der Waals surface area contributed by atoms with Gasteiger partial charge in [0.25, 0.3) is 0 Å². The Kier molecular flexibility index (Phi) is 5.03. The Morgan fingerprint density at radius 2 is 2.21 bits per heavy atom. The molecule has 0 saturated heterocycles. The van der Waals surface area contributed by atoms with Gasteiger partial charge in [0.15, 0.2) is 0 Å². The number of aromatic nitrogens is 2. The maximum absolute atomic E-state index is 4.66. The first-order valence-corrected chi connectivity index (χ1v) is 7.87. The predicted octanol–water partition coefficient (Wildman–Crippen LogP) is 3.77. The third-order valence-corrected chi connectivity index (χ3v) is 4.68. The van der Waals surface area contributed by atoms with Crippen LogP contribution in [0.2, 0.25) is 0 Å². The average Bonchev–Trinajstić information content (AvgIpc) is 2.85. The van der Waals surface area contributed by atoms with Gasteiger partial charge in [-0.15, -0.1) is 0 Å². The molecular formula is C16H29N3. The highest BCUT2D eigenvalue weighted by molar-refractivity contribution is 5.00. The normalized spacial score (nSPS) is 29.4. The molecule has 3 heteroatoms. The highest BCUT2D eigenvalue weighted by Gasteiger charge is 2.24. The molecule has 1 fully saturated rings. The van der Waals surface area contributed by atoms with Crippen molar-refractivity contribution in [2.75, 3.05) is 0 Å². The van der Waals surface area contributed by atoms with Gasteiger partial charge in [-0.3, -0.25) is 4.68 Å². The number of hydrogen-bond acceptors (Lipinski definition) is 2. The van der Waals surface area contributed by atoms with Crippen LogP contribution in [0.4, 0.5) is 0 Å². The van der Waals surface area contributed by atoms with E-state index in [0.29, 0.717) is 12.1 Å². The Morgan fingerprint density at radius 3 is 2.89 bits per heavy atom. The van der Waals surface area contributed by atoms with Crippen molar-refractivity contribution in [2.24, 2.45) is 11.8 Å². The number of nitrogens with one attached hydrogen (secondary N) is 1. The van der Waals surface area contributed by atoms with Gasteiger partial charge in [0.05, 0.1) is 5.69 Å². The maximum atomic E-state index is 4.66. The van der Waals surface area contributed by atoms with E-state index in [2.05, 4.69) is 55.1 Å². The standard InChI is InChI=1S/C16H29N3/c1-5-14(4)19-9-8-15(18-19)11-17-16-7-6-12(2)10-13(16)3/h8-9,12-14,16-17H,5-7,10-11H2,1-4H3. The lowest BCUT2D eigenvalue weighted by Crippen LogP contribution is -2.38.